The van der Waals surface area contributed by atoms with Crippen LogP contribution < -0.4 is 0 Å². The summed E-state index contributed by atoms with van der Waals surface area (Å²) in [5.74, 6) is -0.899. The third-order valence-electron chi connectivity index (χ3n) is 4.44. The summed E-state index contributed by atoms with van der Waals surface area (Å²) in [5.41, 5.74) is 0. The summed E-state index contributed by atoms with van der Waals surface area (Å²) in [6, 6.07) is -0.226. The second-order valence-electron chi connectivity index (χ2n) is 5.92. The zero-order chi connectivity index (χ0) is 14.0. The number of carbonyl (C=O) groups is 2. The third-order valence-corrected chi connectivity index (χ3v) is 4.44. The minimum absolute atomic E-state index is 0.0844. The Hall–Kier alpha value is -1.10. The van der Waals surface area contributed by atoms with E-state index in [1.807, 2.05) is 13.8 Å². The highest BCUT2D eigenvalue weighted by molar-refractivity contribution is 5.81. The summed E-state index contributed by atoms with van der Waals surface area (Å²) in [6.45, 7) is 5.83. The second-order valence-corrected chi connectivity index (χ2v) is 5.92. The quantitative estimate of drug-likeness (QED) is 0.840. The molecule has 4 atom stereocenters. The Balaban J connectivity index is 2.04. The van der Waals surface area contributed by atoms with Crippen molar-refractivity contribution in [2.75, 3.05) is 19.8 Å². The first-order valence-corrected chi connectivity index (χ1v) is 7.10. The first-order valence-electron chi connectivity index (χ1n) is 7.10. The number of carboxylic acids is 1. The van der Waals surface area contributed by atoms with Gasteiger partial charge in [0.25, 0.3) is 0 Å². The van der Waals surface area contributed by atoms with Crippen LogP contribution in [0.5, 0.6) is 0 Å². The molecule has 0 aromatic rings. The van der Waals surface area contributed by atoms with E-state index in [1.54, 1.807) is 4.90 Å². The molecule has 2 saturated heterocycles. The Kier molecular flexibility index (Phi) is 4.45. The Morgan fingerprint density at radius 3 is 2.79 bits per heavy atom. The first-order chi connectivity index (χ1) is 9.00. The van der Waals surface area contributed by atoms with Gasteiger partial charge < -0.3 is 14.7 Å². The predicted molar refractivity (Wildman–Crippen MR) is 69.6 cm³/mol. The van der Waals surface area contributed by atoms with Crippen LogP contribution in [0.1, 0.15) is 33.1 Å². The number of likely N-dealkylation sites (tertiary alicyclic amines) is 1. The molecule has 1 amide bonds. The molecule has 2 heterocycles. The number of carboxylic acid groups (broad SMARTS) is 1. The number of piperidine rings is 1. The fourth-order valence-electron chi connectivity index (χ4n) is 3.36. The molecule has 2 aliphatic heterocycles. The van der Waals surface area contributed by atoms with Crippen LogP contribution in [0.25, 0.3) is 0 Å². The highest BCUT2D eigenvalue weighted by Crippen LogP contribution is 2.31. The van der Waals surface area contributed by atoms with E-state index in [-0.39, 0.29) is 17.9 Å². The molecule has 0 aromatic heterocycles. The Bertz CT molecular complexity index is 351. The summed E-state index contributed by atoms with van der Waals surface area (Å²) < 4.78 is 5.44. The number of nitrogens with zero attached hydrogens (tertiary/aromatic N) is 1. The maximum atomic E-state index is 12.1. The van der Waals surface area contributed by atoms with Crippen molar-refractivity contribution in [2.24, 2.45) is 17.8 Å². The molecule has 2 rings (SSSR count). The summed E-state index contributed by atoms with van der Waals surface area (Å²) in [6.07, 6.45) is 2.43. The van der Waals surface area contributed by atoms with E-state index < -0.39 is 11.9 Å². The monoisotopic (exact) mass is 269 g/mol. The molecule has 0 aromatic carbocycles. The maximum absolute atomic E-state index is 12.1. The zero-order valence-corrected chi connectivity index (χ0v) is 11.7. The van der Waals surface area contributed by atoms with Gasteiger partial charge in [0.15, 0.2) is 0 Å². The third kappa shape index (κ3) is 3.08. The van der Waals surface area contributed by atoms with E-state index in [1.165, 1.54) is 0 Å². The van der Waals surface area contributed by atoms with Gasteiger partial charge in [-0.15, -0.1) is 0 Å². The van der Waals surface area contributed by atoms with Gasteiger partial charge in [0, 0.05) is 25.6 Å². The molecular weight excluding hydrogens is 246 g/mol. The number of hydrogen-bond acceptors (Lipinski definition) is 3. The van der Waals surface area contributed by atoms with Crippen LogP contribution in [-0.2, 0) is 14.3 Å². The van der Waals surface area contributed by atoms with Crippen molar-refractivity contribution in [1.82, 2.24) is 4.90 Å². The van der Waals surface area contributed by atoms with Crippen molar-refractivity contribution in [2.45, 2.75) is 39.2 Å². The molecule has 19 heavy (non-hydrogen) atoms. The van der Waals surface area contributed by atoms with Gasteiger partial charge in [0.2, 0.25) is 5.91 Å². The molecule has 108 valence electrons. The molecule has 4 unspecified atom stereocenters. The van der Waals surface area contributed by atoms with Gasteiger partial charge in [0.1, 0.15) is 0 Å². The van der Waals surface area contributed by atoms with Crippen LogP contribution >= 0.6 is 0 Å². The fourth-order valence-corrected chi connectivity index (χ4v) is 3.36. The Labute approximate surface area is 113 Å². The highest BCUT2D eigenvalue weighted by Gasteiger charge is 2.42. The van der Waals surface area contributed by atoms with Crippen molar-refractivity contribution >= 4 is 11.9 Å². The van der Waals surface area contributed by atoms with E-state index >= 15 is 0 Å². The Morgan fingerprint density at radius 2 is 2.21 bits per heavy atom. The van der Waals surface area contributed by atoms with Crippen LogP contribution in [0.2, 0.25) is 0 Å². The lowest BCUT2D eigenvalue weighted by molar-refractivity contribution is -0.155. The van der Waals surface area contributed by atoms with Gasteiger partial charge in [-0.2, -0.15) is 0 Å². The minimum Gasteiger partial charge on any atom is -0.481 e. The van der Waals surface area contributed by atoms with E-state index in [0.29, 0.717) is 25.5 Å². The van der Waals surface area contributed by atoms with Crippen molar-refractivity contribution in [3.05, 3.63) is 0 Å². The molecule has 0 radical (unpaired) electrons. The fraction of sp³-hybridized carbons (Fsp3) is 0.857. The van der Waals surface area contributed by atoms with Crippen LogP contribution in [-0.4, -0.2) is 47.7 Å². The smallest absolute Gasteiger partial charge is 0.308 e. The number of ether oxygens (including phenoxy) is 1. The van der Waals surface area contributed by atoms with Crippen LogP contribution in [0.3, 0.4) is 0 Å². The minimum atomic E-state index is -0.794. The van der Waals surface area contributed by atoms with Gasteiger partial charge in [-0.25, -0.2) is 0 Å². The number of rotatable bonds is 3. The molecule has 0 spiro atoms. The SMILES string of the molecule is CC1CC(=O)N(CC2CCCOC2)C(C)C1C(=O)O. The van der Waals surface area contributed by atoms with Crippen molar-refractivity contribution in [1.29, 1.82) is 0 Å². The van der Waals surface area contributed by atoms with E-state index in [2.05, 4.69) is 0 Å². The normalized spacial score (nSPS) is 36.3. The lowest BCUT2D eigenvalue weighted by atomic mass is 9.80. The topological polar surface area (TPSA) is 66.8 Å². The molecule has 0 bridgehead atoms. The Morgan fingerprint density at radius 1 is 1.47 bits per heavy atom. The first kappa shape index (κ1) is 14.3. The van der Waals surface area contributed by atoms with E-state index in [0.717, 1.165) is 19.4 Å². The van der Waals surface area contributed by atoms with Crippen LogP contribution in [0.4, 0.5) is 0 Å². The number of aliphatic carboxylic acids is 1. The lowest BCUT2D eigenvalue weighted by Crippen LogP contribution is -2.54. The zero-order valence-electron chi connectivity index (χ0n) is 11.7. The standard InChI is InChI=1S/C14H23NO4/c1-9-6-12(16)15(10(2)13(9)14(17)18)7-11-4-3-5-19-8-11/h9-11,13H,3-8H2,1-2H3,(H,17,18). The largest absolute Gasteiger partial charge is 0.481 e. The van der Waals surface area contributed by atoms with E-state index in [4.69, 9.17) is 4.74 Å². The number of hydrogen-bond donors (Lipinski definition) is 1. The molecule has 0 aliphatic carbocycles. The number of carbonyl (C=O) groups excluding carboxylic acids is 1. The van der Waals surface area contributed by atoms with Crippen molar-refractivity contribution < 1.29 is 19.4 Å². The molecule has 5 heteroatoms. The predicted octanol–water partition coefficient (Wildman–Crippen LogP) is 1.37. The summed E-state index contributed by atoms with van der Waals surface area (Å²) in [4.78, 5) is 25.3. The van der Waals surface area contributed by atoms with Crippen LogP contribution in [0, 0.1) is 17.8 Å². The summed E-state index contributed by atoms with van der Waals surface area (Å²) in [5, 5.41) is 9.33. The number of amides is 1. The average Bonchev–Trinajstić information content (AvgIpc) is 2.35. The highest BCUT2D eigenvalue weighted by atomic mass is 16.5. The van der Waals surface area contributed by atoms with Gasteiger partial charge in [-0.05, 0) is 31.6 Å². The van der Waals surface area contributed by atoms with Gasteiger partial charge in [-0.3, -0.25) is 9.59 Å². The molecule has 2 fully saturated rings. The lowest BCUT2D eigenvalue weighted by Gasteiger charge is -2.42. The van der Waals surface area contributed by atoms with Gasteiger partial charge in [0.05, 0.1) is 12.5 Å². The molecule has 0 saturated carbocycles. The van der Waals surface area contributed by atoms with Crippen LogP contribution in [0.15, 0.2) is 0 Å². The van der Waals surface area contributed by atoms with Crippen molar-refractivity contribution in [3.63, 3.8) is 0 Å². The van der Waals surface area contributed by atoms with Gasteiger partial charge >= 0.3 is 5.97 Å². The molecule has 5 nitrogen and oxygen atoms in total. The summed E-state index contributed by atoms with van der Waals surface area (Å²) in [7, 11) is 0. The summed E-state index contributed by atoms with van der Waals surface area (Å²) >= 11 is 0. The molecule has 2 aliphatic rings. The maximum Gasteiger partial charge on any atom is 0.308 e. The van der Waals surface area contributed by atoms with Gasteiger partial charge in [-0.1, -0.05) is 6.92 Å². The molecule has 1 N–H and O–H groups in total. The van der Waals surface area contributed by atoms with E-state index in [9.17, 15) is 14.7 Å². The second kappa shape index (κ2) is 5.90. The molecular formula is C14H23NO4. The van der Waals surface area contributed by atoms with Crippen molar-refractivity contribution in [3.8, 4) is 0 Å². The average molecular weight is 269 g/mol.